The fraction of sp³-hybridized carbons (Fsp3) is 0.647. The van der Waals surface area contributed by atoms with E-state index in [0.29, 0.717) is 24.0 Å². The van der Waals surface area contributed by atoms with Gasteiger partial charge in [-0.05, 0) is 30.2 Å². The molecule has 106 valence electrons. The molecule has 1 fully saturated rings. The predicted octanol–water partition coefficient (Wildman–Crippen LogP) is 3.79. The fourth-order valence-electron chi connectivity index (χ4n) is 3.05. The lowest BCUT2D eigenvalue weighted by atomic mass is 9.94. The third-order valence-electron chi connectivity index (χ3n) is 4.17. The smallest absolute Gasteiger partial charge is 0.0613 e. The maximum absolute atomic E-state index is 5.77. The van der Waals surface area contributed by atoms with Crippen molar-refractivity contribution in [3.8, 4) is 0 Å². The second-order valence-corrected chi connectivity index (χ2v) is 5.91. The van der Waals surface area contributed by atoms with Gasteiger partial charge >= 0.3 is 0 Å². The van der Waals surface area contributed by atoms with Crippen LogP contribution >= 0.6 is 0 Å². The van der Waals surface area contributed by atoms with Gasteiger partial charge in [-0.15, -0.1) is 0 Å². The molecule has 0 radical (unpaired) electrons. The molecule has 0 aromatic heterocycles. The van der Waals surface area contributed by atoms with E-state index in [1.807, 2.05) is 0 Å². The molecule has 1 N–H and O–H groups in total. The molecule has 19 heavy (non-hydrogen) atoms. The van der Waals surface area contributed by atoms with Crippen LogP contribution in [0.4, 0.5) is 0 Å². The molecule has 1 saturated heterocycles. The van der Waals surface area contributed by atoms with Gasteiger partial charge in [0.2, 0.25) is 0 Å². The summed E-state index contributed by atoms with van der Waals surface area (Å²) in [7, 11) is 0. The standard InChI is InChI=1S/C17H27NO/c1-4-16-15(10-11-19-16)12-18-17(13(2)3)14-8-6-5-7-9-14/h5-9,13,15-18H,4,10-12H2,1-3H3. The Morgan fingerprint density at radius 2 is 2.00 bits per heavy atom. The van der Waals surface area contributed by atoms with Crippen molar-refractivity contribution in [1.29, 1.82) is 0 Å². The van der Waals surface area contributed by atoms with Crippen LogP contribution in [-0.4, -0.2) is 19.3 Å². The van der Waals surface area contributed by atoms with E-state index in [-0.39, 0.29) is 0 Å². The van der Waals surface area contributed by atoms with Gasteiger partial charge in [0.1, 0.15) is 0 Å². The summed E-state index contributed by atoms with van der Waals surface area (Å²) >= 11 is 0. The summed E-state index contributed by atoms with van der Waals surface area (Å²) in [6.07, 6.45) is 2.78. The molecule has 1 aromatic carbocycles. The predicted molar refractivity (Wildman–Crippen MR) is 80.2 cm³/mol. The van der Waals surface area contributed by atoms with Crippen molar-refractivity contribution in [2.45, 2.75) is 45.8 Å². The first-order chi connectivity index (χ1) is 9.22. The van der Waals surface area contributed by atoms with E-state index in [4.69, 9.17) is 4.74 Å². The molecule has 0 aliphatic carbocycles. The van der Waals surface area contributed by atoms with Crippen molar-refractivity contribution in [2.24, 2.45) is 11.8 Å². The Labute approximate surface area is 117 Å². The Bertz CT molecular complexity index is 363. The first-order valence-corrected chi connectivity index (χ1v) is 7.62. The normalized spacial score (nSPS) is 24.8. The summed E-state index contributed by atoms with van der Waals surface area (Å²) in [5.74, 6) is 1.28. The summed E-state index contributed by atoms with van der Waals surface area (Å²) in [6.45, 7) is 8.79. The SMILES string of the molecule is CCC1OCCC1CNC(c1ccccc1)C(C)C. The highest BCUT2D eigenvalue weighted by Gasteiger charge is 2.27. The van der Waals surface area contributed by atoms with Crippen molar-refractivity contribution in [1.82, 2.24) is 5.32 Å². The monoisotopic (exact) mass is 261 g/mol. The molecule has 0 saturated carbocycles. The van der Waals surface area contributed by atoms with Gasteiger partial charge in [0.05, 0.1) is 6.10 Å². The molecule has 0 amide bonds. The molecule has 2 rings (SSSR count). The summed E-state index contributed by atoms with van der Waals surface area (Å²) < 4.78 is 5.77. The van der Waals surface area contributed by atoms with E-state index in [1.165, 1.54) is 12.0 Å². The minimum Gasteiger partial charge on any atom is -0.378 e. The van der Waals surface area contributed by atoms with Crippen molar-refractivity contribution in [3.05, 3.63) is 35.9 Å². The van der Waals surface area contributed by atoms with E-state index < -0.39 is 0 Å². The van der Waals surface area contributed by atoms with Gasteiger partial charge in [0.25, 0.3) is 0 Å². The van der Waals surface area contributed by atoms with Crippen LogP contribution in [0.1, 0.15) is 45.2 Å². The number of hydrogen-bond acceptors (Lipinski definition) is 2. The zero-order valence-electron chi connectivity index (χ0n) is 12.4. The maximum atomic E-state index is 5.77. The minimum absolute atomic E-state index is 0.444. The zero-order chi connectivity index (χ0) is 13.7. The highest BCUT2D eigenvalue weighted by atomic mass is 16.5. The molecule has 3 atom stereocenters. The van der Waals surface area contributed by atoms with Crippen LogP contribution in [0.3, 0.4) is 0 Å². The van der Waals surface area contributed by atoms with Crippen LogP contribution in [-0.2, 0) is 4.74 Å². The largest absolute Gasteiger partial charge is 0.378 e. The number of benzene rings is 1. The minimum atomic E-state index is 0.444. The van der Waals surface area contributed by atoms with Gasteiger partial charge in [-0.1, -0.05) is 51.1 Å². The molecule has 2 nitrogen and oxygen atoms in total. The highest BCUT2D eigenvalue weighted by molar-refractivity contribution is 5.19. The van der Waals surface area contributed by atoms with Gasteiger partial charge in [-0.3, -0.25) is 0 Å². The third kappa shape index (κ3) is 3.80. The Morgan fingerprint density at radius 1 is 1.26 bits per heavy atom. The van der Waals surface area contributed by atoms with Crippen molar-refractivity contribution >= 4 is 0 Å². The fourth-order valence-corrected chi connectivity index (χ4v) is 3.05. The molecular formula is C17H27NO. The molecule has 0 spiro atoms. The van der Waals surface area contributed by atoms with Crippen LogP contribution in [0.2, 0.25) is 0 Å². The van der Waals surface area contributed by atoms with E-state index in [0.717, 1.165) is 19.6 Å². The average Bonchev–Trinajstić information content (AvgIpc) is 2.87. The van der Waals surface area contributed by atoms with Crippen LogP contribution in [0, 0.1) is 11.8 Å². The van der Waals surface area contributed by atoms with E-state index in [9.17, 15) is 0 Å². The highest BCUT2D eigenvalue weighted by Crippen LogP contribution is 2.26. The van der Waals surface area contributed by atoms with Crippen LogP contribution in [0.25, 0.3) is 0 Å². The van der Waals surface area contributed by atoms with Gasteiger partial charge in [-0.25, -0.2) is 0 Å². The van der Waals surface area contributed by atoms with E-state index >= 15 is 0 Å². The first kappa shape index (κ1) is 14.5. The van der Waals surface area contributed by atoms with Crippen LogP contribution < -0.4 is 5.32 Å². The van der Waals surface area contributed by atoms with Gasteiger partial charge < -0.3 is 10.1 Å². The van der Waals surface area contributed by atoms with Gasteiger partial charge in [0, 0.05) is 19.2 Å². The molecular weight excluding hydrogens is 234 g/mol. The second-order valence-electron chi connectivity index (χ2n) is 5.91. The molecule has 1 heterocycles. The molecule has 3 unspecified atom stereocenters. The molecule has 1 aliphatic rings. The number of rotatable bonds is 6. The molecule has 1 aromatic rings. The van der Waals surface area contributed by atoms with E-state index in [2.05, 4.69) is 56.4 Å². The Kier molecular flexibility index (Phi) is 5.41. The molecule has 2 heteroatoms. The second kappa shape index (κ2) is 7.06. The lowest BCUT2D eigenvalue weighted by Gasteiger charge is -2.26. The molecule has 0 bridgehead atoms. The number of nitrogens with one attached hydrogen (secondary N) is 1. The Morgan fingerprint density at radius 3 is 2.63 bits per heavy atom. The average molecular weight is 261 g/mol. The van der Waals surface area contributed by atoms with E-state index in [1.54, 1.807) is 0 Å². The van der Waals surface area contributed by atoms with Gasteiger partial charge in [-0.2, -0.15) is 0 Å². The summed E-state index contributed by atoms with van der Waals surface area (Å²) in [5.41, 5.74) is 1.39. The summed E-state index contributed by atoms with van der Waals surface area (Å²) in [4.78, 5) is 0. The molecule has 1 aliphatic heterocycles. The maximum Gasteiger partial charge on any atom is 0.0613 e. The lowest BCUT2D eigenvalue weighted by molar-refractivity contribution is 0.0861. The Balaban J connectivity index is 1.95. The third-order valence-corrected chi connectivity index (χ3v) is 4.17. The van der Waals surface area contributed by atoms with Crippen LogP contribution in [0.15, 0.2) is 30.3 Å². The van der Waals surface area contributed by atoms with Crippen molar-refractivity contribution in [2.75, 3.05) is 13.2 Å². The first-order valence-electron chi connectivity index (χ1n) is 7.62. The summed E-state index contributed by atoms with van der Waals surface area (Å²) in [5, 5.41) is 3.76. The van der Waals surface area contributed by atoms with Crippen molar-refractivity contribution < 1.29 is 4.74 Å². The number of ether oxygens (including phenoxy) is 1. The Hall–Kier alpha value is -0.860. The topological polar surface area (TPSA) is 21.3 Å². The van der Waals surface area contributed by atoms with Crippen LogP contribution in [0.5, 0.6) is 0 Å². The van der Waals surface area contributed by atoms with Crippen molar-refractivity contribution in [3.63, 3.8) is 0 Å². The summed E-state index contributed by atoms with van der Waals surface area (Å²) in [6, 6.07) is 11.2. The quantitative estimate of drug-likeness (QED) is 0.841. The lowest BCUT2D eigenvalue weighted by Crippen LogP contribution is -2.33. The van der Waals surface area contributed by atoms with Gasteiger partial charge in [0.15, 0.2) is 0 Å². The zero-order valence-corrected chi connectivity index (χ0v) is 12.4. The number of hydrogen-bond donors (Lipinski definition) is 1.